The van der Waals surface area contributed by atoms with Gasteiger partial charge in [0.2, 0.25) is 5.91 Å². The topological polar surface area (TPSA) is 62.6 Å². The van der Waals surface area contributed by atoms with Gasteiger partial charge in [-0.25, -0.2) is 0 Å². The predicted octanol–water partition coefficient (Wildman–Crippen LogP) is 1.73. The smallest absolute Gasteiger partial charge is 0.406 e. The van der Waals surface area contributed by atoms with Crippen LogP contribution in [0, 0.1) is 0 Å². The minimum absolute atomic E-state index is 0.0913. The van der Waals surface area contributed by atoms with Gasteiger partial charge in [0.1, 0.15) is 12.3 Å². The number of amides is 2. The fourth-order valence-corrected chi connectivity index (χ4v) is 2.18. The number of carbonyl (C=O) groups excluding carboxylic acids is 2. The van der Waals surface area contributed by atoms with Gasteiger partial charge in [0, 0.05) is 19.4 Å². The van der Waals surface area contributed by atoms with Crippen molar-refractivity contribution >= 4 is 11.8 Å². The fourth-order valence-electron chi connectivity index (χ4n) is 2.18. The molecule has 116 valence electrons. The van der Waals surface area contributed by atoms with E-state index in [0.29, 0.717) is 17.1 Å². The van der Waals surface area contributed by atoms with E-state index in [1.54, 1.807) is 6.07 Å². The lowest BCUT2D eigenvalue weighted by atomic mass is 10.2. The van der Waals surface area contributed by atoms with Gasteiger partial charge in [0.15, 0.2) is 5.76 Å². The van der Waals surface area contributed by atoms with Crippen LogP contribution in [0.1, 0.15) is 29.7 Å². The predicted molar refractivity (Wildman–Crippen MR) is 66.6 cm³/mol. The van der Waals surface area contributed by atoms with Crippen molar-refractivity contribution in [3.8, 4) is 0 Å². The summed E-state index contributed by atoms with van der Waals surface area (Å²) in [5.41, 5.74) is 0. The Kier molecular flexibility index (Phi) is 4.24. The maximum absolute atomic E-state index is 12.3. The molecular weight excluding hydrogens is 289 g/mol. The summed E-state index contributed by atoms with van der Waals surface area (Å²) in [5, 5.41) is 2.52. The number of alkyl halides is 3. The van der Waals surface area contributed by atoms with E-state index in [1.165, 1.54) is 6.07 Å². The van der Waals surface area contributed by atoms with Crippen LogP contribution < -0.4 is 5.32 Å². The molecule has 0 aromatic carbocycles. The number of hydrogen-bond acceptors (Lipinski definition) is 3. The Hall–Kier alpha value is -1.99. The van der Waals surface area contributed by atoms with Crippen molar-refractivity contribution in [1.82, 2.24) is 10.2 Å². The Balaban J connectivity index is 1.92. The third-order valence-electron chi connectivity index (χ3n) is 3.15. The van der Waals surface area contributed by atoms with E-state index in [2.05, 4.69) is 5.32 Å². The average Bonchev–Trinajstić information content (AvgIpc) is 2.95. The Morgan fingerprint density at radius 3 is 2.76 bits per heavy atom. The zero-order chi connectivity index (χ0) is 15.6. The van der Waals surface area contributed by atoms with Crippen molar-refractivity contribution in [2.45, 2.75) is 32.0 Å². The molecule has 1 aromatic rings. The van der Waals surface area contributed by atoms with E-state index >= 15 is 0 Å². The molecule has 2 amide bonds. The van der Waals surface area contributed by atoms with Crippen LogP contribution in [-0.4, -0.2) is 42.0 Å². The Bertz CT molecular complexity index is 539. The maximum Gasteiger partial charge on any atom is 0.406 e. The van der Waals surface area contributed by atoms with Crippen LogP contribution >= 0.6 is 0 Å². The van der Waals surface area contributed by atoms with Crippen molar-refractivity contribution < 1.29 is 27.2 Å². The molecule has 0 unspecified atom stereocenters. The number of likely N-dealkylation sites (tertiary alicyclic amines) is 1. The zero-order valence-electron chi connectivity index (χ0n) is 11.4. The highest BCUT2D eigenvalue weighted by Gasteiger charge is 2.38. The second-order valence-electron chi connectivity index (χ2n) is 4.88. The first-order chi connectivity index (χ1) is 9.78. The summed E-state index contributed by atoms with van der Waals surface area (Å²) < 4.78 is 42.1. The normalized spacial score (nSPS) is 19.1. The van der Waals surface area contributed by atoms with E-state index in [9.17, 15) is 22.8 Å². The molecule has 0 spiro atoms. The van der Waals surface area contributed by atoms with Crippen molar-refractivity contribution in [3.63, 3.8) is 0 Å². The first kappa shape index (κ1) is 15.4. The molecule has 0 bridgehead atoms. The summed E-state index contributed by atoms with van der Waals surface area (Å²) in [4.78, 5) is 24.1. The van der Waals surface area contributed by atoms with Gasteiger partial charge in [0.25, 0.3) is 5.91 Å². The Morgan fingerprint density at radius 1 is 1.48 bits per heavy atom. The number of nitrogens with one attached hydrogen (secondary N) is 1. The molecule has 2 rings (SSSR count). The van der Waals surface area contributed by atoms with Gasteiger partial charge in [-0.05, 0) is 12.1 Å². The van der Waals surface area contributed by atoms with E-state index in [1.807, 2.05) is 6.92 Å². The van der Waals surface area contributed by atoms with Gasteiger partial charge in [0.05, 0.1) is 6.04 Å². The molecule has 1 atom stereocenters. The van der Waals surface area contributed by atoms with Crippen LogP contribution in [0.2, 0.25) is 0 Å². The minimum Gasteiger partial charge on any atom is -0.456 e. The second-order valence-corrected chi connectivity index (χ2v) is 4.88. The van der Waals surface area contributed by atoms with Crippen LogP contribution in [0.5, 0.6) is 0 Å². The lowest BCUT2D eigenvalue weighted by Crippen LogP contribution is -2.39. The highest BCUT2D eigenvalue weighted by atomic mass is 19.4. The molecule has 21 heavy (non-hydrogen) atoms. The molecule has 1 aromatic heterocycles. The third kappa shape index (κ3) is 3.99. The van der Waals surface area contributed by atoms with Crippen LogP contribution in [0.15, 0.2) is 16.5 Å². The summed E-state index contributed by atoms with van der Waals surface area (Å²) in [6, 6.07) is 2.52. The van der Waals surface area contributed by atoms with E-state index < -0.39 is 30.6 Å². The van der Waals surface area contributed by atoms with Crippen molar-refractivity contribution in [2.24, 2.45) is 0 Å². The molecule has 1 fully saturated rings. The Labute approximate surface area is 119 Å². The van der Waals surface area contributed by atoms with Crippen molar-refractivity contribution in [3.05, 3.63) is 23.7 Å². The number of halogens is 3. The first-order valence-electron chi connectivity index (χ1n) is 6.52. The minimum atomic E-state index is -4.44. The fraction of sp³-hybridized carbons (Fsp3) is 0.538. The van der Waals surface area contributed by atoms with Gasteiger partial charge < -0.3 is 14.6 Å². The third-order valence-corrected chi connectivity index (χ3v) is 3.15. The van der Waals surface area contributed by atoms with Crippen LogP contribution in [-0.2, 0) is 11.2 Å². The molecule has 0 aliphatic carbocycles. The largest absolute Gasteiger partial charge is 0.456 e. The van der Waals surface area contributed by atoms with Crippen LogP contribution in [0.4, 0.5) is 13.2 Å². The SMILES string of the molecule is CCc1ccc(C(=O)N[C@@H]2CC(=O)N(CC(F)(F)F)C2)o1. The number of hydrogen-bond donors (Lipinski definition) is 1. The summed E-state index contributed by atoms with van der Waals surface area (Å²) in [7, 11) is 0. The van der Waals surface area contributed by atoms with Gasteiger partial charge in [-0.2, -0.15) is 13.2 Å². The standard InChI is InChI=1S/C13H15F3N2O3/c1-2-9-3-4-10(21-9)12(20)17-8-5-11(19)18(6-8)7-13(14,15)16/h3-4,8H,2,5-7H2,1H3,(H,17,20)/t8-/m1/s1. The number of furan rings is 1. The molecule has 1 saturated heterocycles. The lowest BCUT2D eigenvalue weighted by molar-refractivity contribution is -0.157. The van der Waals surface area contributed by atoms with Gasteiger partial charge in [-0.15, -0.1) is 0 Å². The van der Waals surface area contributed by atoms with Crippen molar-refractivity contribution in [2.75, 3.05) is 13.1 Å². The first-order valence-corrected chi connectivity index (χ1v) is 6.52. The molecule has 2 heterocycles. The zero-order valence-corrected chi connectivity index (χ0v) is 11.4. The molecule has 8 heteroatoms. The summed E-state index contributed by atoms with van der Waals surface area (Å²) in [5.74, 6) is -0.414. The highest BCUT2D eigenvalue weighted by Crippen LogP contribution is 2.21. The number of rotatable bonds is 4. The van der Waals surface area contributed by atoms with Crippen molar-refractivity contribution in [1.29, 1.82) is 0 Å². The number of aryl methyl sites for hydroxylation is 1. The summed E-state index contributed by atoms with van der Waals surface area (Å²) in [6.07, 6.45) is -3.94. The second kappa shape index (κ2) is 5.79. The van der Waals surface area contributed by atoms with E-state index in [-0.39, 0.29) is 18.7 Å². The maximum atomic E-state index is 12.3. The molecule has 1 aliphatic rings. The molecular formula is C13H15F3N2O3. The lowest BCUT2D eigenvalue weighted by Gasteiger charge is -2.18. The molecule has 0 saturated carbocycles. The monoisotopic (exact) mass is 304 g/mol. The Morgan fingerprint density at radius 2 is 2.19 bits per heavy atom. The van der Waals surface area contributed by atoms with Crippen LogP contribution in [0.3, 0.4) is 0 Å². The van der Waals surface area contributed by atoms with E-state index in [0.717, 1.165) is 0 Å². The highest BCUT2D eigenvalue weighted by molar-refractivity contribution is 5.92. The summed E-state index contributed by atoms with van der Waals surface area (Å²) >= 11 is 0. The molecule has 1 N–H and O–H groups in total. The molecule has 5 nitrogen and oxygen atoms in total. The van der Waals surface area contributed by atoms with E-state index in [4.69, 9.17) is 4.42 Å². The number of nitrogens with zero attached hydrogens (tertiary/aromatic N) is 1. The molecule has 0 radical (unpaired) electrons. The number of carbonyl (C=O) groups is 2. The average molecular weight is 304 g/mol. The quantitative estimate of drug-likeness (QED) is 0.921. The van der Waals surface area contributed by atoms with Crippen LogP contribution in [0.25, 0.3) is 0 Å². The van der Waals surface area contributed by atoms with Gasteiger partial charge in [-0.1, -0.05) is 6.92 Å². The summed E-state index contributed by atoms with van der Waals surface area (Å²) in [6.45, 7) is 0.426. The molecule has 1 aliphatic heterocycles. The van der Waals surface area contributed by atoms with Gasteiger partial charge in [-0.3, -0.25) is 9.59 Å². The van der Waals surface area contributed by atoms with Gasteiger partial charge >= 0.3 is 6.18 Å².